The third-order valence-corrected chi connectivity index (χ3v) is 5.32. The summed E-state index contributed by atoms with van der Waals surface area (Å²) in [5.74, 6) is 0.775. The predicted molar refractivity (Wildman–Crippen MR) is 112 cm³/mol. The smallest absolute Gasteiger partial charge is 0.238 e. The van der Waals surface area contributed by atoms with Crippen molar-refractivity contribution in [1.82, 2.24) is 15.5 Å². The zero-order valence-corrected chi connectivity index (χ0v) is 18.0. The van der Waals surface area contributed by atoms with Gasteiger partial charge in [0.2, 0.25) is 10.0 Å². The average molecular weight is 398 g/mol. The highest BCUT2D eigenvalue weighted by Crippen LogP contribution is 2.09. The quantitative estimate of drug-likeness (QED) is 0.316. The lowest BCUT2D eigenvalue weighted by atomic mass is 10.1. The number of guanidine groups is 1. The molecule has 0 atom stereocenters. The number of benzene rings is 1. The second-order valence-corrected chi connectivity index (χ2v) is 8.71. The molecule has 154 valence electrons. The van der Waals surface area contributed by atoms with Crippen molar-refractivity contribution >= 4 is 16.0 Å². The lowest BCUT2D eigenvalue weighted by Crippen LogP contribution is -2.41. The summed E-state index contributed by atoms with van der Waals surface area (Å²) in [6, 6.07) is 7.72. The van der Waals surface area contributed by atoms with Crippen LogP contribution in [0, 0.1) is 0 Å². The lowest BCUT2D eigenvalue weighted by molar-refractivity contribution is 0.173. The van der Waals surface area contributed by atoms with Gasteiger partial charge in [-0.2, -0.15) is 0 Å². The van der Waals surface area contributed by atoms with Crippen LogP contribution in [0.25, 0.3) is 0 Å². The van der Waals surface area contributed by atoms with Crippen LogP contribution in [0.15, 0.2) is 34.2 Å². The summed E-state index contributed by atoms with van der Waals surface area (Å²) in [6.45, 7) is 11.5. The summed E-state index contributed by atoms with van der Waals surface area (Å²) < 4.78 is 22.5. The van der Waals surface area contributed by atoms with Crippen LogP contribution in [-0.4, -0.2) is 58.0 Å². The first kappa shape index (κ1) is 23.4. The van der Waals surface area contributed by atoms with Crippen molar-refractivity contribution in [3.8, 4) is 0 Å². The highest BCUT2D eigenvalue weighted by Gasteiger charge is 2.12. The molecular formula is C19H35N5O2S. The van der Waals surface area contributed by atoms with Gasteiger partial charge in [0.15, 0.2) is 5.96 Å². The lowest BCUT2D eigenvalue weighted by Gasteiger charge is -2.30. The third kappa shape index (κ3) is 8.73. The molecule has 0 spiro atoms. The van der Waals surface area contributed by atoms with E-state index in [1.165, 1.54) is 12.1 Å². The van der Waals surface area contributed by atoms with Crippen LogP contribution in [-0.2, 0) is 16.4 Å². The summed E-state index contributed by atoms with van der Waals surface area (Å²) in [7, 11) is -1.88. The maximum absolute atomic E-state index is 11.3. The normalized spacial score (nSPS) is 12.9. The topological polar surface area (TPSA) is 99.8 Å². The minimum absolute atomic E-state index is 0.133. The van der Waals surface area contributed by atoms with Crippen molar-refractivity contribution in [2.75, 3.05) is 26.7 Å². The van der Waals surface area contributed by atoms with Gasteiger partial charge in [0, 0.05) is 38.8 Å². The van der Waals surface area contributed by atoms with E-state index in [4.69, 9.17) is 5.14 Å². The molecule has 0 unspecified atom stereocenters. The Morgan fingerprint density at radius 1 is 1.07 bits per heavy atom. The van der Waals surface area contributed by atoms with Gasteiger partial charge >= 0.3 is 0 Å². The van der Waals surface area contributed by atoms with Gasteiger partial charge in [-0.15, -0.1) is 0 Å². The number of rotatable bonds is 10. The second-order valence-electron chi connectivity index (χ2n) is 7.14. The van der Waals surface area contributed by atoms with Gasteiger partial charge in [0.05, 0.1) is 4.90 Å². The van der Waals surface area contributed by atoms with E-state index in [1.54, 1.807) is 19.2 Å². The summed E-state index contributed by atoms with van der Waals surface area (Å²) in [5.41, 5.74) is 1.04. The van der Waals surface area contributed by atoms with E-state index in [2.05, 4.69) is 48.2 Å². The summed E-state index contributed by atoms with van der Waals surface area (Å²) in [6.07, 6.45) is 1.81. The van der Waals surface area contributed by atoms with Gasteiger partial charge in [0.1, 0.15) is 0 Å². The molecule has 1 aromatic carbocycles. The molecule has 0 heterocycles. The molecule has 27 heavy (non-hydrogen) atoms. The second kappa shape index (κ2) is 11.3. The maximum Gasteiger partial charge on any atom is 0.238 e. The summed E-state index contributed by atoms with van der Waals surface area (Å²) in [5, 5.41) is 11.7. The number of sulfonamides is 1. The molecule has 0 saturated heterocycles. The molecule has 0 bridgehead atoms. The summed E-state index contributed by atoms with van der Waals surface area (Å²) >= 11 is 0. The molecule has 0 fully saturated rings. The molecule has 1 rings (SSSR count). The van der Waals surface area contributed by atoms with Crippen molar-refractivity contribution in [2.24, 2.45) is 10.1 Å². The molecule has 0 amide bonds. The maximum atomic E-state index is 11.3. The third-order valence-electron chi connectivity index (χ3n) is 4.39. The number of nitrogens with one attached hydrogen (secondary N) is 2. The fourth-order valence-corrected chi connectivity index (χ4v) is 3.49. The van der Waals surface area contributed by atoms with Crippen molar-refractivity contribution in [3.63, 3.8) is 0 Å². The molecule has 0 radical (unpaired) electrons. The monoisotopic (exact) mass is 397 g/mol. The van der Waals surface area contributed by atoms with Gasteiger partial charge in [-0.05, 0) is 58.2 Å². The molecule has 0 aliphatic carbocycles. The van der Waals surface area contributed by atoms with E-state index >= 15 is 0 Å². The zero-order chi connectivity index (χ0) is 20.4. The number of hydrogen-bond donors (Lipinski definition) is 3. The van der Waals surface area contributed by atoms with E-state index in [9.17, 15) is 8.42 Å². The Bertz CT molecular complexity index is 677. The van der Waals surface area contributed by atoms with Crippen molar-refractivity contribution in [3.05, 3.63) is 29.8 Å². The number of aliphatic imine (C=N–C) groups is 1. The van der Waals surface area contributed by atoms with Gasteiger partial charge < -0.3 is 10.6 Å². The Hall–Kier alpha value is -1.64. The van der Waals surface area contributed by atoms with Crippen LogP contribution < -0.4 is 15.8 Å². The van der Waals surface area contributed by atoms with Crippen LogP contribution >= 0.6 is 0 Å². The molecule has 4 N–H and O–H groups in total. The SMILES string of the molecule is CN=C(NCCCN(C(C)C)C(C)C)NCCc1ccc(S(N)(=O)=O)cc1. The highest BCUT2D eigenvalue weighted by molar-refractivity contribution is 7.89. The molecule has 0 saturated carbocycles. The molecule has 1 aromatic rings. The van der Waals surface area contributed by atoms with Gasteiger partial charge in [-0.1, -0.05) is 12.1 Å². The molecular weight excluding hydrogens is 362 g/mol. The highest BCUT2D eigenvalue weighted by atomic mass is 32.2. The van der Waals surface area contributed by atoms with E-state index in [1.807, 2.05) is 0 Å². The average Bonchev–Trinajstić information content (AvgIpc) is 2.59. The van der Waals surface area contributed by atoms with Crippen LogP contribution in [0.1, 0.15) is 39.7 Å². The molecule has 0 aliphatic heterocycles. The van der Waals surface area contributed by atoms with E-state index in [-0.39, 0.29) is 4.90 Å². The van der Waals surface area contributed by atoms with Gasteiger partial charge in [0.25, 0.3) is 0 Å². The van der Waals surface area contributed by atoms with Crippen molar-refractivity contribution < 1.29 is 8.42 Å². The zero-order valence-electron chi connectivity index (χ0n) is 17.2. The van der Waals surface area contributed by atoms with E-state index in [0.29, 0.717) is 18.6 Å². The van der Waals surface area contributed by atoms with Crippen molar-refractivity contribution in [1.29, 1.82) is 0 Å². The number of nitrogens with zero attached hydrogens (tertiary/aromatic N) is 2. The van der Waals surface area contributed by atoms with E-state index in [0.717, 1.165) is 37.5 Å². The first-order valence-corrected chi connectivity index (χ1v) is 11.0. The fraction of sp³-hybridized carbons (Fsp3) is 0.632. The Balaban J connectivity index is 2.34. The van der Waals surface area contributed by atoms with Crippen LogP contribution in [0.3, 0.4) is 0 Å². The minimum Gasteiger partial charge on any atom is -0.356 e. The number of hydrogen-bond acceptors (Lipinski definition) is 4. The molecule has 7 nitrogen and oxygen atoms in total. The molecule has 8 heteroatoms. The Morgan fingerprint density at radius 3 is 2.11 bits per heavy atom. The molecule has 0 aliphatic rings. The van der Waals surface area contributed by atoms with Crippen LogP contribution in [0.4, 0.5) is 0 Å². The van der Waals surface area contributed by atoms with E-state index < -0.39 is 10.0 Å². The molecule has 0 aromatic heterocycles. The number of nitrogens with two attached hydrogens (primary N) is 1. The fourth-order valence-electron chi connectivity index (χ4n) is 2.97. The Morgan fingerprint density at radius 2 is 1.63 bits per heavy atom. The number of primary sulfonamides is 1. The van der Waals surface area contributed by atoms with Gasteiger partial charge in [-0.3, -0.25) is 9.89 Å². The van der Waals surface area contributed by atoms with Crippen LogP contribution in [0.2, 0.25) is 0 Å². The Kier molecular flexibility index (Phi) is 9.76. The standard InChI is InChI=1S/C19H35N5O2S/c1-15(2)24(16(3)4)14-6-12-22-19(21-5)23-13-11-17-7-9-18(10-8-17)27(20,25)26/h7-10,15-16H,6,11-14H2,1-5H3,(H2,20,25,26)(H2,21,22,23). The van der Waals surface area contributed by atoms with Crippen LogP contribution in [0.5, 0.6) is 0 Å². The first-order valence-electron chi connectivity index (χ1n) is 9.47. The summed E-state index contributed by atoms with van der Waals surface area (Å²) in [4.78, 5) is 6.85. The minimum atomic E-state index is -3.64. The van der Waals surface area contributed by atoms with Crippen molar-refractivity contribution in [2.45, 2.75) is 57.5 Å². The largest absolute Gasteiger partial charge is 0.356 e. The Labute approximate surface area is 164 Å². The first-order chi connectivity index (χ1) is 12.6. The van der Waals surface area contributed by atoms with Gasteiger partial charge in [-0.25, -0.2) is 13.6 Å². The predicted octanol–water partition coefficient (Wildman–Crippen LogP) is 1.55.